The number of benzene rings is 2. The number of aryl methyl sites for hydroxylation is 2. The molecule has 33 heavy (non-hydrogen) atoms. The summed E-state index contributed by atoms with van der Waals surface area (Å²) in [6.07, 6.45) is 0. The molecule has 0 aromatic heterocycles. The summed E-state index contributed by atoms with van der Waals surface area (Å²) < 4.78 is 39.8. The quantitative estimate of drug-likeness (QED) is 0.302. The number of methoxy groups -OCH3 is 3. The van der Waals surface area contributed by atoms with E-state index in [1.165, 1.54) is 0 Å². The molecule has 0 amide bonds. The molecule has 14 heteroatoms. The summed E-state index contributed by atoms with van der Waals surface area (Å²) in [5.41, 5.74) is 1.99. The van der Waals surface area contributed by atoms with Crippen LogP contribution in [0.3, 0.4) is 0 Å². The van der Waals surface area contributed by atoms with Gasteiger partial charge in [-0.1, -0.05) is 36.4 Å². The maximum absolute atomic E-state index is 9.43. The Morgan fingerprint density at radius 3 is 1.64 bits per heavy atom. The van der Waals surface area contributed by atoms with Crippen molar-refractivity contribution in [2.24, 2.45) is 0 Å². The highest BCUT2D eigenvalue weighted by Gasteiger charge is 2.30. The topological polar surface area (TPSA) is 155 Å². The fourth-order valence-electron chi connectivity index (χ4n) is 1.63. The van der Waals surface area contributed by atoms with E-state index in [4.69, 9.17) is 24.4 Å². The van der Waals surface area contributed by atoms with Crippen LogP contribution in [-0.2, 0) is 23.3 Å². The minimum Gasteiger partial charge on any atom is -0.588 e. The lowest BCUT2D eigenvalue weighted by molar-refractivity contribution is -0.159. The van der Waals surface area contributed by atoms with Crippen LogP contribution in [0.5, 0.6) is 11.5 Å². The second-order valence-corrected chi connectivity index (χ2v) is 11.7. The largest absolute Gasteiger partial charge is 0.588 e. The number of aromatic hydroxyl groups is 1. The summed E-state index contributed by atoms with van der Waals surface area (Å²) in [5.74, 6) is 1.21. The molecule has 0 heterocycles. The number of ether oxygens (including phenoxy) is 4. The summed E-state index contributed by atoms with van der Waals surface area (Å²) in [7, 11) is -3.58. The highest BCUT2D eigenvalue weighted by atomic mass is 79.9. The van der Waals surface area contributed by atoms with Crippen molar-refractivity contribution < 1.29 is 47.9 Å². The average molecular weight is 638 g/mol. The number of halogens is 2. The van der Waals surface area contributed by atoms with Gasteiger partial charge in [0.1, 0.15) is 18.3 Å². The molecule has 1 atom stereocenters. The van der Waals surface area contributed by atoms with E-state index < -0.39 is 15.0 Å². The molecule has 0 fully saturated rings. The van der Waals surface area contributed by atoms with Crippen molar-refractivity contribution in [2.75, 3.05) is 34.9 Å². The molecule has 0 bridgehead atoms. The van der Waals surface area contributed by atoms with Crippen molar-refractivity contribution in [3.8, 4) is 11.5 Å². The second-order valence-electron chi connectivity index (χ2n) is 5.84. The van der Waals surface area contributed by atoms with Crippen LogP contribution in [0.2, 0.25) is 0 Å². The smallest absolute Gasteiger partial charge is 0.561 e. The van der Waals surface area contributed by atoms with Crippen molar-refractivity contribution in [1.29, 1.82) is 0 Å². The maximum Gasteiger partial charge on any atom is 0.561 e. The summed E-state index contributed by atoms with van der Waals surface area (Å²) in [6.45, 7) is 4.54. The summed E-state index contributed by atoms with van der Waals surface area (Å²) in [6, 6.07) is 11.2. The van der Waals surface area contributed by atoms with Crippen molar-refractivity contribution >= 4 is 46.9 Å². The first-order valence-electron chi connectivity index (χ1n) is 8.81. The van der Waals surface area contributed by atoms with Crippen LogP contribution in [-0.4, -0.2) is 49.8 Å². The van der Waals surface area contributed by atoms with Crippen molar-refractivity contribution in [3.63, 3.8) is 0 Å². The lowest BCUT2D eigenvalue weighted by Crippen LogP contribution is -1.99. The van der Waals surface area contributed by atoms with Gasteiger partial charge < -0.3 is 28.9 Å². The number of phenols is 1. The minimum atomic E-state index is -4.78. The number of hydrogen-bond donors (Lipinski definition) is 3. The molecule has 188 valence electrons. The van der Waals surface area contributed by atoms with E-state index >= 15 is 0 Å². The second kappa shape index (κ2) is 19.4. The van der Waals surface area contributed by atoms with E-state index in [0.29, 0.717) is 19.3 Å². The lowest BCUT2D eigenvalue weighted by Gasteiger charge is -2.07. The molecule has 0 radical (unpaired) electrons. The monoisotopic (exact) mass is 636 g/mol. The van der Waals surface area contributed by atoms with Gasteiger partial charge in [0.2, 0.25) is 0 Å². The molecule has 2 aromatic rings. The third-order valence-electron chi connectivity index (χ3n) is 3.08. The Kier molecular flexibility index (Phi) is 20.1. The zero-order valence-electron chi connectivity index (χ0n) is 18.7. The average Bonchev–Trinajstić information content (AvgIpc) is 2.72. The van der Waals surface area contributed by atoms with Gasteiger partial charge in [-0.15, -0.1) is 0 Å². The van der Waals surface area contributed by atoms with Gasteiger partial charge in [-0.3, -0.25) is 9.79 Å². The minimum absolute atomic E-state index is 0.294. The first-order chi connectivity index (χ1) is 15.3. The first-order valence-corrected chi connectivity index (χ1v) is 13.9. The van der Waals surface area contributed by atoms with Crippen LogP contribution in [0.15, 0.2) is 45.3 Å². The highest BCUT2D eigenvalue weighted by molar-refractivity contribution is 9.10. The van der Waals surface area contributed by atoms with Gasteiger partial charge in [-0.25, -0.2) is 4.57 Å². The van der Waals surface area contributed by atoms with Crippen molar-refractivity contribution in [2.45, 2.75) is 13.8 Å². The van der Waals surface area contributed by atoms with E-state index in [2.05, 4.69) is 41.3 Å². The standard InChI is InChI=1S/C9H11BrO2.C7H7BrO.C3H8O2.H2O5P2/c1-7-5-8(10)3-4-9(7)12-6-11-2;1-5-4-6(8)2-3-7(5)9;1-4-3-5-2;1-6(2)7(3,4)5/h3-5H,6H2,1-2H3;2-4,9H,1H3;3H2,1-2H3;(H2,3,4,5). The third kappa shape index (κ3) is 19.1. The Balaban J connectivity index is 0. The van der Waals surface area contributed by atoms with E-state index in [1.807, 2.05) is 44.2 Å². The molecule has 0 aliphatic heterocycles. The van der Waals surface area contributed by atoms with Crippen LogP contribution < -0.4 is 9.63 Å². The number of rotatable bonds is 6. The molecule has 0 aliphatic rings. The first kappa shape index (κ1) is 34.3. The fraction of sp³-hybridized carbons (Fsp3) is 0.368. The third-order valence-corrected chi connectivity index (χ3v) is 5.76. The predicted octanol–water partition coefficient (Wildman–Crippen LogP) is 4.62. The molecule has 0 saturated heterocycles. The number of phenolic OH excluding ortho intramolecular Hbond substituents is 1. The SMILES string of the molecule is COCOC.COCOc1ccc(Br)cc1C.Cc1cc(Br)ccc1O.O=[P+]([O-])P(=O)(O)O. The summed E-state index contributed by atoms with van der Waals surface area (Å²) >= 11 is 6.66. The van der Waals surface area contributed by atoms with Crippen LogP contribution in [0.25, 0.3) is 0 Å². The van der Waals surface area contributed by atoms with E-state index in [0.717, 1.165) is 25.8 Å². The molecule has 3 N–H and O–H groups in total. The zero-order chi connectivity index (χ0) is 26.0. The fourth-order valence-corrected chi connectivity index (χ4v) is 2.58. The Labute approximate surface area is 211 Å². The van der Waals surface area contributed by atoms with Crippen LogP contribution in [0.1, 0.15) is 11.1 Å². The molecule has 0 aliphatic carbocycles. The Morgan fingerprint density at radius 1 is 0.909 bits per heavy atom. The highest BCUT2D eigenvalue weighted by Crippen LogP contribution is 2.56. The Morgan fingerprint density at radius 2 is 1.33 bits per heavy atom. The van der Waals surface area contributed by atoms with Gasteiger partial charge >= 0.3 is 15.0 Å². The van der Waals surface area contributed by atoms with Crippen molar-refractivity contribution in [3.05, 3.63) is 56.5 Å². The molecular weight excluding hydrogens is 610 g/mol. The van der Waals surface area contributed by atoms with Crippen LogP contribution >= 0.6 is 46.9 Å². The summed E-state index contributed by atoms with van der Waals surface area (Å²) in [5, 5.41) is 9.02. The predicted molar refractivity (Wildman–Crippen MR) is 130 cm³/mol. The molecule has 1 unspecified atom stereocenters. The van der Waals surface area contributed by atoms with Gasteiger partial charge in [0.15, 0.2) is 6.79 Å². The van der Waals surface area contributed by atoms with Crippen LogP contribution in [0.4, 0.5) is 0 Å². The number of hydrogen-bond acceptors (Lipinski definition) is 8. The van der Waals surface area contributed by atoms with E-state index in [9.17, 15) is 14.0 Å². The Bertz CT molecular complexity index is 876. The molecule has 2 rings (SSSR count). The van der Waals surface area contributed by atoms with Gasteiger partial charge in [0.05, 0.1) is 0 Å². The van der Waals surface area contributed by atoms with Crippen LogP contribution in [0, 0.1) is 13.8 Å². The molecule has 0 spiro atoms. The maximum atomic E-state index is 9.43. The zero-order valence-corrected chi connectivity index (χ0v) is 23.7. The molecule has 10 nitrogen and oxygen atoms in total. The van der Waals surface area contributed by atoms with Gasteiger partial charge in [-0.2, -0.15) is 0 Å². The lowest BCUT2D eigenvalue weighted by atomic mass is 10.2. The molecular formula is C19H28Br2O10P2. The van der Waals surface area contributed by atoms with Gasteiger partial charge in [0.25, 0.3) is 0 Å². The van der Waals surface area contributed by atoms with Gasteiger partial charge in [0, 0.05) is 30.3 Å². The van der Waals surface area contributed by atoms with E-state index in [1.54, 1.807) is 27.4 Å². The molecule has 2 aromatic carbocycles. The summed E-state index contributed by atoms with van der Waals surface area (Å²) in [4.78, 5) is 24.5. The Hall–Kier alpha value is -0.910. The van der Waals surface area contributed by atoms with Gasteiger partial charge in [-0.05, 0) is 61.4 Å². The normalized spacial score (nSPS) is 10.4. The molecule has 0 saturated carbocycles. The van der Waals surface area contributed by atoms with Crippen molar-refractivity contribution in [1.82, 2.24) is 0 Å². The van der Waals surface area contributed by atoms with E-state index in [-0.39, 0.29) is 0 Å².